The van der Waals surface area contributed by atoms with E-state index in [-0.39, 0.29) is 23.8 Å². The molecule has 0 radical (unpaired) electrons. The molecule has 1 saturated heterocycles. The molecule has 1 spiro atoms. The third kappa shape index (κ3) is 3.70. The van der Waals surface area contributed by atoms with E-state index in [1.807, 2.05) is 32.0 Å². The van der Waals surface area contributed by atoms with E-state index in [0.717, 1.165) is 28.1 Å². The number of benzene rings is 1. The summed E-state index contributed by atoms with van der Waals surface area (Å²) in [5, 5.41) is 5.75. The zero-order valence-corrected chi connectivity index (χ0v) is 16.8. The van der Waals surface area contributed by atoms with Gasteiger partial charge in [0.2, 0.25) is 5.91 Å². The molecule has 2 N–H and O–H groups in total. The fraction of sp³-hybridized carbons (Fsp3) is 0.571. The van der Waals surface area contributed by atoms with Crippen molar-refractivity contribution < 1.29 is 14.4 Å². The Morgan fingerprint density at radius 3 is 2.44 bits per heavy atom. The first-order valence-corrected chi connectivity index (χ1v) is 9.53. The fourth-order valence-electron chi connectivity index (χ4n) is 4.98. The Bertz CT molecular complexity index is 782. The highest BCUT2D eigenvalue weighted by Crippen LogP contribution is 2.46. The van der Waals surface area contributed by atoms with Crippen molar-refractivity contribution >= 4 is 23.5 Å². The third-order valence-corrected chi connectivity index (χ3v) is 5.67. The predicted molar refractivity (Wildman–Crippen MR) is 104 cm³/mol. The van der Waals surface area contributed by atoms with Crippen molar-refractivity contribution in [3.63, 3.8) is 0 Å². The van der Waals surface area contributed by atoms with Gasteiger partial charge in [-0.15, -0.1) is 0 Å². The lowest BCUT2D eigenvalue weighted by Gasteiger charge is -2.43. The molecule has 0 aromatic heterocycles. The van der Waals surface area contributed by atoms with Crippen LogP contribution in [0.2, 0.25) is 0 Å². The van der Waals surface area contributed by atoms with Gasteiger partial charge in [0, 0.05) is 5.69 Å². The molecule has 2 fully saturated rings. The minimum Gasteiger partial charge on any atom is -0.324 e. The Morgan fingerprint density at radius 1 is 1.22 bits per heavy atom. The van der Waals surface area contributed by atoms with Gasteiger partial charge in [0.1, 0.15) is 12.1 Å². The summed E-state index contributed by atoms with van der Waals surface area (Å²) >= 11 is 0. The van der Waals surface area contributed by atoms with E-state index in [9.17, 15) is 14.4 Å². The van der Waals surface area contributed by atoms with Gasteiger partial charge in [-0.1, -0.05) is 39.0 Å². The molecular weight excluding hydrogens is 342 g/mol. The van der Waals surface area contributed by atoms with Crippen LogP contribution in [0.15, 0.2) is 18.2 Å². The number of carbonyl (C=O) groups excluding carboxylic acids is 3. The van der Waals surface area contributed by atoms with Crippen LogP contribution in [0.4, 0.5) is 10.5 Å². The highest BCUT2D eigenvalue weighted by molar-refractivity contribution is 6.10. The molecule has 1 heterocycles. The Kier molecular flexibility index (Phi) is 4.78. The average molecular weight is 371 g/mol. The number of nitrogens with zero attached hydrogens (tertiary/aromatic N) is 1. The fourth-order valence-corrected chi connectivity index (χ4v) is 4.98. The molecule has 6 nitrogen and oxygen atoms in total. The van der Waals surface area contributed by atoms with Crippen LogP contribution in [-0.2, 0) is 9.59 Å². The Hall–Kier alpha value is -2.37. The molecule has 0 bridgehead atoms. The standard InChI is InChI=1S/C21H29N3O3/c1-13-9-20(4,5)12-21(10-13)18(26)24(19(27)23-21)11-16(25)22-17-14(2)7-6-8-15(17)3/h6-8,13H,9-12H2,1-5H3,(H,22,25)(H,23,27). The van der Waals surface area contributed by atoms with Crippen molar-refractivity contribution in [1.29, 1.82) is 0 Å². The van der Waals surface area contributed by atoms with E-state index in [1.54, 1.807) is 0 Å². The number of urea groups is 1. The molecule has 146 valence electrons. The van der Waals surface area contributed by atoms with Crippen molar-refractivity contribution in [3.8, 4) is 0 Å². The number of anilines is 1. The minimum atomic E-state index is -0.878. The van der Waals surface area contributed by atoms with Crippen molar-refractivity contribution in [2.75, 3.05) is 11.9 Å². The van der Waals surface area contributed by atoms with E-state index in [2.05, 4.69) is 31.4 Å². The molecule has 2 aliphatic rings. The smallest absolute Gasteiger partial charge is 0.324 e. The van der Waals surface area contributed by atoms with Crippen molar-refractivity contribution in [2.45, 2.75) is 59.4 Å². The average Bonchev–Trinajstić information content (AvgIpc) is 2.72. The van der Waals surface area contributed by atoms with Crippen LogP contribution in [0.1, 0.15) is 51.2 Å². The number of nitrogens with one attached hydrogen (secondary N) is 2. The summed E-state index contributed by atoms with van der Waals surface area (Å²) in [4.78, 5) is 39.2. The number of rotatable bonds is 3. The van der Waals surface area contributed by atoms with E-state index < -0.39 is 11.6 Å². The topological polar surface area (TPSA) is 78.5 Å². The highest BCUT2D eigenvalue weighted by atomic mass is 16.2. The number of imide groups is 1. The summed E-state index contributed by atoms with van der Waals surface area (Å²) in [6.45, 7) is 9.92. The van der Waals surface area contributed by atoms with Crippen LogP contribution in [-0.4, -0.2) is 34.8 Å². The first-order valence-electron chi connectivity index (χ1n) is 9.53. The van der Waals surface area contributed by atoms with Crippen LogP contribution in [0.3, 0.4) is 0 Å². The number of hydrogen-bond acceptors (Lipinski definition) is 3. The summed E-state index contributed by atoms with van der Waals surface area (Å²) in [7, 11) is 0. The number of para-hydroxylation sites is 1. The first kappa shape index (κ1) is 19.4. The van der Waals surface area contributed by atoms with Gasteiger partial charge in [-0.25, -0.2) is 4.79 Å². The van der Waals surface area contributed by atoms with Crippen molar-refractivity contribution in [1.82, 2.24) is 10.2 Å². The number of aryl methyl sites for hydroxylation is 2. The first-order chi connectivity index (χ1) is 12.5. The highest BCUT2D eigenvalue weighted by Gasteiger charge is 2.56. The lowest BCUT2D eigenvalue weighted by Crippen LogP contribution is -2.54. The number of amides is 4. The number of hydrogen-bond donors (Lipinski definition) is 2. The summed E-state index contributed by atoms with van der Waals surface area (Å²) in [5.41, 5.74) is 1.71. The molecule has 1 aliphatic carbocycles. The molecular formula is C21H29N3O3. The monoisotopic (exact) mass is 371 g/mol. The van der Waals surface area contributed by atoms with Gasteiger partial charge in [-0.3, -0.25) is 14.5 Å². The summed E-state index contributed by atoms with van der Waals surface area (Å²) < 4.78 is 0. The quantitative estimate of drug-likeness (QED) is 0.800. The second-order valence-electron chi connectivity index (χ2n) is 9.07. The van der Waals surface area contributed by atoms with Gasteiger partial charge in [0.15, 0.2) is 0 Å². The summed E-state index contributed by atoms with van der Waals surface area (Å²) in [6.07, 6.45) is 2.24. The molecule has 1 aromatic rings. The molecule has 1 aliphatic heterocycles. The molecule has 1 saturated carbocycles. The van der Waals surface area contributed by atoms with Crippen LogP contribution in [0.25, 0.3) is 0 Å². The lowest BCUT2D eigenvalue weighted by molar-refractivity contribution is -0.136. The number of carbonyl (C=O) groups is 3. The minimum absolute atomic E-state index is 0.0306. The van der Waals surface area contributed by atoms with Gasteiger partial charge in [0.05, 0.1) is 0 Å². The van der Waals surface area contributed by atoms with Gasteiger partial charge in [0.25, 0.3) is 5.91 Å². The molecule has 27 heavy (non-hydrogen) atoms. The van der Waals surface area contributed by atoms with Crippen molar-refractivity contribution in [2.24, 2.45) is 11.3 Å². The van der Waals surface area contributed by atoms with E-state index in [0.29, 0.717) is 18.8 Å². The van der Waals surface area contributed by atoms with E-state index >= 15 is 0 Å². The second-order valence-corrected chi connectivity index (χ2v) is 9.07. The maximum absolute atomic E-state index is 13.1. The van der Waals surface area contributed by atoms with Gasteiger partial charge >= 0.3 is 6.03 Å². The third-order valence-electron chi connectivity index (χ3n) is 5.67. The van der Waals surface area contributed by atoms with Gasteiger partial charge < -0.3 is 10.6 Å². The molecule has 2 atom stereocenters. The van der Waals surface area contributed by atoms with Crippen LogP contribution >= 0.6 is 0 Å². The van der Waals surface area contributed by atoms with Crippen LogP contribution < -0.4 is 10.6 Å². The van der Waals surface area contributed by atoms with Crippen LogP contribution in [0.5, 0.6) is 0 Å². The Labute approximate surface area is 160 Å². The second kappa shape index (κ2) is 6.66. The van der Waals surface area contributed by atoms with Crippen molar-refractivity contribution in [3.05, 3.63) is 29.3 Å². The normalized spacial score (nSPS) is 27.0. The maximum Gasteiger partial charge on any atom is 0.325 e. The maximum atomic E-state index is 13.1. The molecule has 6 heteroatoms. The molecule has 4 amide bonds. The SMILES string of the molecule is Cc1cccc(C)c1NC(=O)CN1C(=O)NC2(CC(C)CC(C)(C)C2)C1=O. The predicted octanol–water partition coefficient (Wildman–Crippen LogP) is 3.38. The van der Waals surface area contributed by atoms with E-state index in [4.69, 9.17) is 0 Å². The Morgan fingerprint density at radius 2 is 1.85 bits per heavy atom. The summed E-state index contributed by atoms with van der Waals surface area (Å²) in [5.74, 6) is -0.304. The van der Waals surface area contributed by atoms with E-state index in [1.165, 1.54) is 0 Å². The molecule has 1 aromatic carbocycles. The Balaban J connectivity index is 1.75. The zero-order chi connectivity index (χ0) is 20.0. The van der Waals surface area contributed by atoms with Gasteiger partial charge in [-0.05, 0) is 55.6 Å². The summed E-state index contributed by atoms with van der Waals surface area (Å²) in [6, 6.07) is 5.28. The zero-order valence-electron chi connectivity index (χ0n) is 16.8. The molecule has 3 rings (SSSR count). The molecule has 2 unspecified atom stereocenters. The van der Waals surface area contributed by atoms with Gasteiger partial charge in [-0.2, -0.15) is 0 Å². The largest absolute Gasteiger partial charge is 0.325 e. The lowest BCUT2D eigenvalue weighted by atomic mass is 9.64. The van der Waals surface area contributed by atoms with Crippen LogP contribution in [0, 0.1) is 25.2 Å².